The van der Waals surface area contributed by atoms with E-state index in [9.17, 15) is 10.0 Å². The number of hydrogen-bond acceptors (Lipinski definition) is 3. The predicted octanol–water partition coefficient (Wildman–Crippen LogP) is 0.531. The first-order valence-electron chi connectivity index (χ1n) is 3.89. The third kappa shape index (κ3) is 2.72. The number of rotatable bonds is 3. The van der Waals surface area contributed by atoms with Gasteiger partial charge >= 0.3 is 5.97 Å². The summed E-state index contributed by atoms with van der Waals surface area (Å²) in [7, 11) is 0. The highest BCUT2D eigenvalue weighted by Gasteiger charge is 2.18. The molecule has 5 nitrogen and oxygen atoms in total. The zero-order chi connectivity index (χ0) is 9.84. The van der Waals surface area contributed by atoms with E-state index in [0.717, 1.165) is 5.06 Å². The smallest absolute Gasteiger partial charge is 0.328 e. The SMILES string of the molecule is C[C@@H](C(=O)O)N(O)c1ccccc1.O. The van der Waals surface area contributed by atoms with Crippen LogP contribution >= 0.6 is 0 Å². The Balaban J connectivity index is 0.00000169. The Bertz CT molecular complexity index is 288. The number of carboxylic acid groups (broad SMARTS) is 1. The minimum atomic E-state index is -1.06. The van der Waals surface area contributed by atoms with Crippen LogP contribution in [0, 0.1) is 0 Å². The summed E-state index contributed by atoms with van der Waals surface area (Å²) in [5.74, 6) is -1.06. The number of anilines is 1. The molecule has 0 aliphatic heterocycles. The number of nitrogens with zero attached hydrogens (tertiary/aromatic N) is 1. The molecule has 0 fully saturated rings. The van der Waals surface area contributed by atoms with Gasteiger partial charge in [0.1, 0.15) is 0 Å². The molecule has 0 aliphatic carbocycles. The molecule has 1 aromatic carbocycles. The van der Waals surface area contributed by atoms with E-state index in [2.05, 4.69) is 0 Å². The topological polar surface area (TPSA) is 92.3 Å². The molecule has 1 atom stereocenters. The zero-order valence-corrected chi connectivity index (χ0v) is 7.71. The van der Waals surface area contributed by atoms with Crippen LogP contribution in [0.25, 0.3) is 0 Å². The first-order valence-corrected chi connectivity index (χ1v) is 3.89. The van der Waals surface area contributed by atoms with Crippen molar-refractivity contribution in [3.05, 3.63) is 30.3 Å². The fourth-order valence-corrected chi connectivity index (χ4v) is 0.909. The minimum absolute atomic E-state index is 0. The Morgan fingerprint density at radius 3 is 2.29 bits per heavy atom. The van der Waals surface area contributed by atoms with E-state index in [4.69, 9.17) is 5.11 Å². The van der Waals surface area contributed by atoms with Crippen LogP contribution in [0.2, 0.25) is 0 Å². The Labute approximate surface area is 81.5 Å². The molecule has 1 rings (SSSR count). The quantitative estimate of drug-likeness (QED) is 0.694. The lowest BCUT2D eigenvalue weighted by Gasteiger charge is -2.20. The summed E-state index contributed by atoms with van der Waals surface area (Å²) in [6, 6.07) is 7.59. The number of carbonyl (C=O) groups is 1. The van der Waals surface area contributed by atoms with Gasteiger partial charge < -0.3 is 10.6 Å². The van der Waals surface area contributed by atoms with E-state index >= 15 is 0 Å². The van der Waals surface area contributed by atoms with E-state index in [-0.39, 0.29) is 5.48 Å². The standard InChI is InChI=1S/C9H11NO3.H2O/c1-7(9(11)12)10(13)8-5-3-2-4-6-8;/h2-7,13H,1H3,(H,11,12);1H2/t7-;/m0./s1. The van der Waals surface area contributed by atoms with Crippen LogP contribution in [0.4, 0.5) is 5.69 Å². The first kappa shape index (κ1) is 12.4. The van der Waals surface area contributed by atoms with Crippen molar-refractivity contribution in [2.45, 2.75) is 13.0 Å². The van der Waals surface area contributed by atoms with Gasteiger partial charge in [0.05, 0.1) is 5.69 Å². The molecule has 0 amide bonds. The molecule has 0 aliphatic rings. The van der Waals surface area contributed by atoms with Crippen molar-refractivity contribution in [3.63, 3.8) is 0 Å². The molecule has 0 radical (unpaired) electrons. The van der Waals surface area contributed by atoms with E-state index in [1.165, 1.54) is 6.92 Å². The molecule has 0 heterocycles. The number of carboxylic acids is 1. The van der Waals surface area contributed by atoms with Crippen molar-refractivity contribution in [2.24, 2.45) is 0 Å². The van der Waals surface area contributed by atoms with Crippen LogP contribution in [0.15, 0.2) is 30.3 Å². The lowest BCUT2D eigenvalue weighted by Crippen LogP contribution is -2.36. The molecule has 78 valence electrons. The molecular formula is C9H13NO4. The molecule has 0 saturated carbocycles. The highest BCUT2D eigenvalue weighted by atomic mass is 16.5. The van der Waals surface area contributed by atoms with Gasteiger partial charge in [0.25, 0.3) is 0 Å². The van der Waals surface area contributed by atoms with E-state index in [1.807, 2.05) is 0 Å². The van der Waals surface area contributed by atoms with Gasteiger partial charge in [-0.1, -0.05) is 18.2 Å². The van der Waals surface area contributed by atoms with Crippen LogP contribution < -0.4 is 5.06 Å². The van der Waals surface area contributed by atoms with Crippen molar-refractivity contribution in [2.75, 3.05) is 5.06 Å². The number of hydroxylamine groups is 1. The van der Waals surface area contributed by atoms with E-state index in [1.54, 1.807) is 30.3 Å². The van der Waals surface area contributed by atoms with E-state index < -0.39 is 12.0 Å². The molecule has 14 heavy (non-hydrogen) atoms. The Hall–Kier alpha value is -1.59. The molecule has 1 aromatic rings. The summed E-state index contributed by atoms with van der Waals surface area (Å²) in [4.78, 5) is 10.5. The Morgan fingerprint density at radius 1 is 1.36 bits per heavy atom. The summed E-state index contributed by atoms with van der Waals surface area (Å²) in [5, 5.41) is 18.7. The van der Waals surface area contributed by atoms with Crippen LogP contribution in [0.1, 0.15) is 6.92 Å². The van der Waals surface area contributed by atoms with Crippen molar-refractivity contribution in [1.29, 1.82) is 0 Å². The number of benzene rings is 1. The summed E-state index contributed by atoms with van der Waals surface area (Å²) in [5.41, 5.74) is 0.470. The number of hydrogen-bond donors (Lipinski definition) is 2. The summed E-state index contributed by atoms with van der Waals surface area (Å²) < 4.78 is 0. The molecule has 4 N–H and O–H groups in total. The number of para-hydroxylation sites is 1. The Morgan fingerprint density at radius 2 is 1.86 bits per heavy atom. The van der Waals surface area contributed by atoms with Gasteiger partial charge in [0.2, 0.25) is 0 Å². The van der Waals surface area contributed by atoms with Crippen molar-refractivity contribution < 1.29 is 20.6 Å². The lowest BCUT2D eigenvalue weighted by atomic mass is 10.2. The maximum Gasteiger partial charge on any atom is 0.328 e. The number of aliphatic carboxylic acids is 1. The fourth-order valence-electron chi connectivity index (χ4n) is 0.909. The van der Waals surface area contributed by atoms with Gasteiger partial charge in [-0.05, 0) is 19.1 Å². The lowest BCUT2D eigenvalue weighted by molar-refractivity contribution is -0.139. The summed E-state index contributed by atoms with van der Waals surface area (Å²) in [6.45, 7) is 1.41. The van der Waals surface area contributed by atoms with Gasteiger partial charge in [-0.2, -0.15) is 0 Å². The average molecular weight is 199 g/mol. The second-order valence-corrected chi connectivity index (χ2v) is 2.69. The summed E-state index contributed by atoms with van der Waals surface area (Å²) in [6.07, 6.45) is 0. The van der Waals surface area contributed by atoms with Crippen LogP contribution in [0.3, 0.4) is 0 Å². The molecule has 0 saturated heterocycles. The van der Waals surface area contributed by atoms with Crippen LogP contribution in [-0.2, 0) is 4.79 Å². The largest absolute Gasteiger partial charge is 0.480 e. The monoisotopic (exact) mass is 199 g/mol. The third-order valence-electron chi connectivity index (χ3n) is 1.74. The van der Waals surface area contributed by atoms with Gasteiger partial charge in [-0.15, -0.1) is 0 Å². The van der Waals surface area contributed by atoms with Gasteiger partial charge in [0, 0.05) is 0 Å². The summed E-state index contributed by atoms with van der Waals surface area (Å²) >= 11 is 0. The molecule has 0 aromatic heterocycles. The van der Waals surface area contributed by atoms with Crippen molar-refractivity contribution in [3.8, 4) is 0 Å². The predicted molar refractivity (Wildman–Crippen MR) is 51.4 cm³/mol. The molecule has 0 bridgehead atoms. The maximum atomic E-state index is 10.5. The molecule has 0 spiro atoms. The molecule has 5 heteroatoms. The van der Waals surface area contributed by atoms with Gasteiger partial charge in [-0.25, -0.2) is 9.86 Å². The maximum absolute atomic E-state index is 10.5. The van der Waals surface area contributed by atoms with Gasteiger partial charge in [-0.3, -0.25) is 5.21 Å². The molecule has 0 unspecified atom stereocenters. The van der Waals surface area contributed by atoms with Crippen molar-refractivity contribution >= 4 is 11.7 Å². The van der Waals surface area contributed by atoms with Crippen molar-refractivity contribution in [1.82, 2.24) is 0 Å². The normalized spacial score (nSPS) is 11.3. The average Bonchev–Trinajstić information content (AvgIpc) is 2.17. The van der Waals surface area contributed by atoms with Gasteiger partial charge in [0.15, 0.2) is 6.04 Å². The van der Waals surface area contributed by atoms with E-state index in [0.29, 0.717) is 5.69 Å². The van der Waals surface area contributed by atoms with Crippen LogP contribution in [-0.4, -0.2) is 27.8 Å². The molecular weight excluding hydrogens is 186 g/mol. The first-order chi connectivity index (χ1) is 6.13. The Kier molecular flexibility index (Phi) is 4.62. The highest BCUT2D eigenvalue weighted by Crippen LogP contribution is 2.13. The highest BCUT2D eigenvalue weighted by molar-refractivity contribution is 5.76. The third-order valence-corrected chi connectivity index (χ3v) is 1.74. The second kappa shape index (κ2) is 5.21. The van der Waals surface area contributed by atoms with Crippen LogP contribution in [0.5, 0.6) is 0 Å². The second-order valence-electron chi connectivity index (χ2n) is 2.69. The zero-order valence-electron chi connectivity index (χ0n) is 7.71. The fraction of sp³-hybridized carbons (Fsp3) is 0.222. The minimum Gasteiger partial charge on any atom is -0.480 e.